The van der Waals surface area contributed by atoms with Gasteiger partial charge in [0, 0.05) is 6.54 Å². The number of nitrogens with two attached hydrogens (primary N) is 1. The maximum Gasteiger partial charge on any atom is 0.320 e. The lowest BCUT2D eigenvalue weighted by Crippen LogP contribution is -2.30. The molecule has 0 saturated carbocycles. The zero-order valence-electron chi connectivity index (χ0n) is 16.7. The molecule has 0 heterocycles. The third-order valence-corrected chi connectivity index (χ3v) is 4.55. The third-order valence-electron chi connectivity index (χ3n) is 4.55. The number of rotatable bonds is 18. The Morgan fingerprint density at radius 2 is 1.50 bits per heavy atom. The number of aliphatic carboxylic acids is 1. The summed E-state index contributed by atoms with van der Waals surface area (Å²) in [4.78, 5) is 22.2. The number of hydrogen-bond donors (Lipinski definition) is 3. The van der Waals surface area contributed by atoms with E-state index in [1.807, 2.05) is 6.08 Å². The molecule has 1 atom stereocenters. The van der Waals surface area contributed by atoms with Crippen molar-refractivity contribution in [3.63, 3.8) is 0 Å². The van der Waals surface area contributed by atoms with E-state index in [-0.39, 0.29) is 5.91 Å². The molecule has 0 radical (unpaired) electrons. The maximum atomic E-state index is 11.6. The van der Waals surface area contributed by atoms with Crippen molar-refractivity contribution in [2.45, 2.75) is 103 Å². The molecule has 0 fully saturated rings. The Morgan fingerprint density at radius 3 is 2.08 bits per heavy atom. The van der Waals surface area contributed by atoms with Gasteiger partial charge in [-0.3, -0.25) is 9.59 Å². The van der Waals surface area contributed by atoms with E-state index in [4.69, 9.17) is 10.8 Å². The summed E-state index contributed by atoms with van der Waals surface area (Å²) in [5.41, 5.74) is 5.42. The van der Waals surface area contributed by atoms with Crippen LogP contribution < -0.4 is 11.1 Å². The number of carboxylic acids is 1. The van der Waals surface area contributed by atoms with Crippen molar-refractivity contribution in [3.8, 4) is 0 Å². The van der Waals surface area contributed by atoms with Crippen LogP contribution in [0.15, 0.2) is 12.2 Å². The van der Waals surface area contributed by atoms with Gasteiger partial charge in [0.25, 0.3) is 0 Å². The van der Waals surface area contributed by atoms with Crippen LogP contribution in [0.2, 0.25) is 0 Å². The van der Waals surface area contributed by atoms with Crippen LogP contribution >= 0.6 is 0 Å². The second-order valence-electron chi connectivity index (χ2n) is 7.10. The van der Waals surface area contributed by atoms with E-state index in [0.29, 0.717) is 19.4 Å². The van der Waals surface area contributed by atoms with Crippen molar-refractivity contribution >= 4 is 11.9 Å². The van der Waals surface area contributed by atoms with Crippen LogP contribution in [0.3, 0.4) is 0 Å². The molecule has 26 heavy (non-hydrogen) atoms. The Hall–Kier alpha value is -1.36. The van der Waals surface area contributed by atoms with Gasteiger partial charge in [0.1, 0.15) is 6.04 Å². The van der Waals surface area contributed by atoms with Crippen LogP contribution in [0.5, 0.6) is 0 Å². The predicted octanol–water partition coefficient (Wildman–Crippen LogP) is 4.55. The fraction of sp³-hybridized carbons (Fsp3) is 0.810. The number of allylic oxidation sites excluding steroid dienone is 1. The van der Waals surface area contributed by atoms with Gasteiger partial charge < -0.3 is 16.2 Å². The standard InChI is InChI=1S/C21H40N2O3/c1-2-3-4-5-6-7-8-9-10-11-12-13-17-20(24)23-18-15-14-16-19(22)21(25)26/h13,17,19H,2-12,14-16,18,22H2,1H3,(H,23,24)(H,25,26)/b17-13+/t19-/m0/s1. The van der Waals surface area contributed by atoms with Gasteiger partial charge in [0.15, 0.2) is 0 Å². The third kappa shape index (κ3) is 17.5. The molecule has 0 saturated heterocycles. The highest BCUT2D eigenvalue weighted by Gasteiger charge is 2.09. The molecule has 0 aromatic heterocycles. The number of carboxylic acid groups (broad SMARTS) is 1. The smallest absolute Gasteiger partial charge is 0.320 e. The number of nitrogens with one attached hydrogen (secondary N) is 1. The van der Waals surface area contributed by atoms with E-state index in [9.17, 15) is 9.59 Å². The number of carbonyl (C=O) groups excluding carboxylic acids is 1. The van der Waals surface area contributed by atoms with Gasteiger partial charge in [0.2, 0.25) is 5.91 Å². The first-order chi connectivity index (χ1) is 12.6. The second-order valence-corrected chi connectivity index (χ2v) is 7.10. The summed E-state index contributed by atoms with van der Waals surface area (Å²) in [5.74, 6) is -1.04. The number of hydrogen-bond acceptors (Lipinski definition) is 3. The summed E-state index contributed by atoms with van der Waals surface area (Å²) >= 11 is 0. The lowest BCUT2D eigenvalue weighted by molar-refractivity contribution is -0.138. The molecule has 0 rings (SSSR count). The number of carbonyl (C=O) groups is 2. The fourth-order valence-electron chi connectivity index (χ4n) is 2.82. The van der Waals surface area contributed by atoms with Crippen molar-refractivity contribution in [2.75, 3.05) is 6.54 Å². The normalized spacial score (nSPS) is 12.4. The number of amides is 1. The molecule has 5 heteroatoms. The molecule has 1 amide bonds. The van der Waals surface area contributed by atoms with Gasteiger partial charge in [-0.25, -0.2) is 0 Å². The molecule has 0 aliphatic carbocycles. The van der Waals surface area contributed by atoms with Crippen LogP contribution in [0.1, 0.15) is 96.8 Å². The average Bonchev–Trinajstić information content (AvgIpc) is 2.62. The topological polar surface area (TPSA) is 92.4 Å². The first-order valence-electron chi connectivity index (χ1n) is 10.5. The number of unbranched alkanes of at least 4 members (excludes halogenated alkanes) is 11. The quantitative estimate of drug-likeness (QED) is 0.244. The van der Waals surface area contributed by atoms with E-state index in [1.54, 1.807) is 6.08 Å². The van der Waals surface area contributed by atoms with E-state index in [0.717, 1.165) is 19.3 Å². The lowest BCUT2D eigenvalue weighted by atomic mass is 10.1. The van der Waals surface area contributed by atoms with Gasteiger partial charge in [-0.1, -0.05) is 70.8 Å². The Bertz CT molecular complexity index is 383. The molecule has 0 unspecified atom stereocenters. The molecule has 0 aliphatic rings. The van der Waals surface area contributed by atoms with Gasteiger partial charge in [-0.05, 0) is 38.2 Å². The van der Waals surface area contributed by atoms with Crippen LogP contribution in [0, 0.1) is 0 Å². The highest BCUT2D eigenvalue weighted by molar-refractivity contribution is 5.87. The molecule has 5 nitrogen and oxygen atoms in total. The first-order valence-corrected chi connectivity index (χ1v) is 10.5. The summed E-state index contributed by atoms with van der Waals surface area (Å²) in [5, 5.41) is 11.5. The highest BCUT2D eigenvalue weighted by atomic mass is 16.4. The zero-order chi connectivity index (χ0) is 19.5. The Kier molecular flexibility index (Phi) is 17.5. The minimum atomic E-state index is -0.969. The second kappa shape index (κ2) is 18.4. The average molecular weight is 369 g/mol. The van der Waals surface area contributed by atoms with Crippen LogP contribution in [-0.4, -0.2) is 29.6 Å². The summed E-state index contributed by atoms with van der Waals surface area (Å²) < 4.78 is 0. The summed E-state index contributed by atoms with van der Waals surface area (Å²) in [7, 11) is 0. The molecular formula is C21H40N2O3. The molecular weight excluding hydrogens is 328 g/mol. The van der Waals surface area contributed by atoms with Gasteiger partial charge in [-0.2, -0.15) is 0 Å². The molecule has 152 valence electrons. The summed E-state index contributed by atoms with van der Waals surface area (Å²) in [6.45, 7) is 2.81. The Balaban J connectivity index is 3.35. The minimum Gasteiger partial charge on any atom is -0.480 e. The minimum absolute atomic E-state index is 0.0698. The Labute approximate surface area is 159 Å². The fourth-order valence-corrected chi connectivity index (χ4v) is 2.82. The van der Waals surface area contributed by atoms with Crippen molar-refractivity contribution < 1.29 is 14.7 Å². The van der Waals surface area contributed by atoms with Gasteiger partial charge in [-0.15, -0.1) is 0 Å². The van der Waals surface area contributed by atoms with E-state index in [1.165, 1.54) is 57.8 Å². The van der Waals surface area contributed by atoms with Gasteiger partial charge >= 0.3 is 5.97 Å². The molecule has 0 aromatic rings. The zero-order valence-corrected chi connectivity index (χ0v) is 16.7. The molecule has 4 N–H and O–H groups in total. The van der Waals surface area contributed by atoms with Crippen LogP contribution in [0.25, 0.3) is 0 Å². The summed E-state index contributed by atoms with van der Waals surface area (Å²) in [6, 6.07) is -0.799. The lowest BCUT2D eigenvalue weighted by Gasteiger charge is -2.06. The predicted molar refractivity (Wildman–Crippen MR) is 108 cm³/mol. The molecule has 0 bridgehead atoms. The first kappa shape index (κ1) is 24.6. The van der Waals surface area contributed by atoms with Crippen molar-refractivity contribution in [3.05, 3.63) is 12.2 Å². The monoisotopic (exact) mass is 368 g/mol. The van der Waals surface area contributed by atoms with Crippen molar-refractivity contribution in [1.29, 1.82) is 0 Å². The molecule has 0 aromatic carbocycles. The SMILES string of the molecule is CCCCCCCCCCCC/C=C/C(=O)NCCCC[C@H](N)C(=O)O. The maximum absolute atomic E-state index is 11.6. The molecule has 0 spiro atoms. The Morgan fingerprint density at radius 1 is 0.923 bits per heavy atom. The van der Waals surface area contributed by atoms with Crippen molar-refractivity contribution in [1.82, 2.24) is 5.32 Å². The van der Waals surface area contributed by atoms with Gasteiger partial charge in [0.05, 0.1) is 0 Å². The highest BCUT2D eigenvalue weighted by Crippen LogP contribution is 2.11. The van der Waals surface area contributed by atoms with E-state index < -0.39 is 12.0 Å². The molecule has 0 aliphatic heterocycles. The van der Waals surface area contributed by atoms with Crippen LogP contribution in [-0.2, 0) is 9.59 Å². The van der Waals surface area contributed by atoms with E-state index >= 15 is 0 Å². The summed E-state index contributed by atoms with van der Waals surface area (Å²) in [6.07, 6.45) is 19.6. The van der Waals surface area contributed by atoms with Crippen molar-refractivity contribution in [2.24, 2.45) is 5.73 Å². The van der Waals surface area contributed by atoms with E-state index in [2.05, 4.69) is 12.2 Å². The van der Waals surface area contributed by atoms with Crippen LogP contribution in [0.4, 0.5) is 0 Å². The largest absolute Gasteiger partial charge is 0.480 e.